The summed E-state index contributed by atoms with van der Waals surface area (Å²) in [4.78, 5) is 1.46. The number of methoxy groups -OCH3 is 1. The zero-order chi connectivity index (χ0) is 15.9. The molecule has 1 heterocycles. The molecule has 0 unspecified atom stereocenters. The first kappa shape index (κ1) is 20.0. The fourth-order valence-corrected chi connectivity index (χ4v) is 2.07. The normalized spacial score (nSPS) is 13.8. The van der Waals surface area contributed by atoms with Crippen molar-refractivity contribution in [1.82, 2.24) is 4.90 Å². The minimum Gasteiger partial charge on any atom is -0.491 e. The summed E-state index contributed by atoms with van der Waals surface area (Å²) in [6.07, 6.45) is 3.90. The molecule has 0 aliphatic carbocycles. The Hall–Kier alpha value is -1.04. The van der Waals surface area contributed by atoms with Crippen LogP contribution >= 0.6 is 0 Å². The van der Waals surface area contributed by atoms with Gasteiger partial charge in [0.1, 0.15) is 12.4 Å². The summed E-state index contributed by atoms with van der Waals surface area (Å²) < 4.78 is 35.9. The number of nitrogens with zero attached hydrogens (tertiary/aromatic N) is 1. The Morgan fingerprint density at radius 1 is 1.22 bits per heavy atom. The van der Waals surface area contributed by atoms with Crippen molar-refractivity contribution in [3.8, 4) is 5.75 Å². The monoisotopic (exact) mass is 395 g/mol. The van der Waals surface area contributed by atoms with Gasteiger partial charge >= 0.3 is 0 Å². The van der Waals surface area contributed by atoms with Crippen LogP contribution in [0, 0.1) is 6.08 Å². The Bertz CT molecular complexity index is 570. The Morgan fingerprint density at radius 2 is 1.91 bits per heavy atom. The van der Waals surface area contributed by atoms with Crippen molar-refractivity contribution in [2.45, 2.75) is 6.43 Å². The molecule has 0 amide bonds. The Morgan fingerprint density at radius 3 is 2.52 bits per heavy atom. The number of allylic oxidation sites excluding steroid dienone is 3. The number of benzene rings is 1. The van der Waals surface area contributed by atoms with E-state index < -0.39 is 13.0 Å². The van der Waals surface area contributed by atoms with Crippen molar-refractivity contribution in [2.75, 3.05) is 26.9 Å². The Labute approximate surface area is 160 Å². The second kappa shape index (κ2) is 9.96. The van der Waals surface area contributed by atoms with Gasteiger partial charge in [-0.15, -0.1) is 18.2 Å². The summed E-state index contributed by atoms with van der Waals surface area (Å²) in [5, 5.41) is 0. The average Bonchev–Trinajstić information content (AvgIpc) is 2.50. The van der Waals surface area contributed by atoms with Gasteiger partial charge in [-0.25, -0.2) is 8.78 Å². The van der Waals surface area contributed by atoms with E-state index in [1.54, 1.807) is 31.4 Å². The maximum Gasteiger partial charge on any atom is 0.256 e. The van der Waals surface area contributed by atoms with Crippen molar-refractivity contribution in [1.29, 1.82) is 0 Å². The van der Waals surface area contributed by atoms with E-state index in [2.05, 4.69) is 12.7 Å². The van der Waals surface area contributed by atoms with Crippen LogP contribution in [0.25, 0.3) is 5.70 Å². The predicted octanol–water partition coefficient (Wildman–Crippen LogP) is 3.50. The molecule has 0 saturated carbocycles. The molecular formula is C17H18F2NO2Y-. The molecule has 0 saturated heterocycles. The van der Waals surface area contributed by atoms with E-state index in [-0.39, 0.29) is 32.7 Å². The first-order valence-electron chi connectivity index (χ1n) is 6.88. The molecule has 3 nitrogen and oxygen atoms in total. The smallest absolute Gasteiger partial charge is 0.256 e. The maximum atomic E-state index is 12.7. The second-order valence-corrected chi connectivity index (χ2v) is 4.68. The number of ether oxygens (including phenoxy) is 2. The van der Waals surface area contributed by atoms with E-state index in [0.29, 0.717) is 30.4 Å². The van der Waals surface area contributed by atoms with Gasteiger partial charge in [0.05, 0.1) is 13.2 Å². The molecule has 6 heteroatoms. The van der Waals surface area contributed by atoms with Crippen LogP contribution in [0.3, 0.4) is 0 Å². The molecule has 1 aliphatic heterocycles. The fraction of sp³-hybridized carbons (Fsp3) is 0.294. The van der Waals surface area contributed by atoms with Gasteiger partial charge in [-0.1, -0.05) is 17.8 Å². The summed E-state index contributed by atoms with van der Waals surface area (Å²) in [5.41, 5.74) is 1.89. The average molecular weight is 395 g/mol. The van der Waals surface area contributed by atoms with Crippen LogP contribution in [0.15, 0.2) is 48.7 Å². The third-order valence-corrected chi connectivity index (χ3v) is 3.12. The van der Waals surface area contributed by atoms with Gasteiger partial charge in [-0.3, -0.25) is 0 Å². The summed E-state index contributed by atoms with van der Waals surface area (Å²) >= 11 is 0. The number of hydrogen-bond acceptors (Lipinski definition) is 3. The largest absolute Gasteiger partial charge is 0.491 e. The summed E-state index contributed by atoms with van der Waals surface area (Å²) in [6, 6.07) is 7.22. The third kappa shape index (κ3) is 5.83. The number of rotatable bonds is 7. The SMILES string of the molecule is C=C1C=C[C-]=C(c2ccc(OCCOC)cc2)N1CC(F)F.[Y]. The Balaban J connectivity index is 0.00000264. The minimum absolute atomic E-state index is 0. The van der Waals surface area contributed by atoms with Crippen LogP contribution in [0.1, 0.15) is 5.56 Å². The van der Waals surface area contributed by atoms with Crippen LogP contribution in [0.4, 0.5) is 8.78 Å². The molecule has 1 aromatic carbocycles. The fourth-order valence-electron chi connectivity index (χ4n) is 2.07. The Kier molecular flexibility index (Phi) is 8.66. The van der Waals surface area contributed by atoms with E-state index in [0.717, 1.165) is 5.56 Å². The van der Waals surface area contributed by atoms with Crippen molar-refractivity contribution >= 4 is 5.70 Å². The van der Waals surface area contributed by atoms with E-state index in [1.807, 2.05) is 12.1 Å². The van der Waals surface area contributed by atoms with Gasteiger partial charge in [0.15, 0.2) is 0 Å². The molecule has 0 fully saturated rings. The molecule has 1 radical (unpaired) electrons. The number of hydrogen-bond donors (Lipinski definition) is 0. The third-order valence-electron chi connectivity index (χ3n) is 3.12. The van der Waals surface area contributed by atoms with Gasteiger partial charge in [0.2, 0.25) is 0 Å². The van der Waals surface area contributed by atoms with Crippen LogP contribution < -0.4 is 4.74 Å². The molecular weight excluding hydrogens is 377 g/mol. The molecule has 0 aromatic heterocycles. The molecule has 1 aliphatic rings. The first-order chi connectivity index (χ1) is 10.6. The topological polar surface area (TPSA) is 21.7 Å². The predicted molar refractivity (Wildman–Crippen MR) is 81.5 cm³/mol. The van der Waals surface area contributed by atoms with Gasteiger partial charge in [-0.2, -0.15) is 12.2 Å². The maximum absolute atomic E-state index is 12.7. The van der Waals surface area contributed by atoms with Gasteiger partial charge in [0.25, 0.3) is 6.43 Å². The van der Waals surface area contributed by atoms with Gasteiger partial charge < -0.3 is 14.4 Å². The van der Waals surface area contributed by atoms with Crippen molar-refractivity contribution in [3.63, 3.8) is 0 Å². The zero-order valence-electron chi connectivity index (χ0n) is 13.0. The second-order valence-electron chi connectivity index (χ2n) is 4.68. The summed E-state index contributed by atoms with van der Waals surface area (Å²) in [5.74, 6) is 0.701. The summed E-state index contributed by atoms with van der Waals surface area (Å²) in [6.45, 7) is 4.36. The van der Waals surface area contributed by atoms with Crippen molar-refractivity contribution < 1.29 is 51.0 Å². The van der Waals surface area contributed by atoms with Crippen molar-refractivity contribution in [3.05, 3.63) is 60.3 Å². The molecule has 1 aromatic rings. The van der Waals surface area contributed by atoms with E-state index in [4.69, 9.17) is 9.47 Å². The summed E-state index contributed by atoms with van der Waals surface area (Å²) in [7, 11) is 1.61. The standard InChI is InChI=1S/C17H18F2NO2.Y/c1-13-4-3-5-16(20(13)12-17(18)19)14-6-8-15(9-7-14)22-11-10-21-2;/h3-4,6-9,17H,1,10-12H2,2H3;/q-1;. The minimum atomic E-state index is -2.45. The molecule has 121 valence electrons. The first-order valence-corrected chi connectivity index (χ1v) is 6.88. The van der Waals surface area contributed by atoms with Gasteiger partial charge in [0, 0.05) is 39.8 Å². The van der Waals surface area contributed by atoms with E-state index in [1.165, 1.54) is 4.90 Å². The van der Waals surface area contributed by atoms with E-state index in [9.17, 15) is 8.78 Å². The molecule has 23 heavy (non-hydrogen) atoms. The molecule has 0 atom stereocenters. The van der Waals surface area contributed by atoms with Crippen LogP contribution in [0.2, 0.25) is 0 Å². The van der Waals surface area contributed by atoms with Crippen molar-refractivity contribution in [2.24, 2.45) is 0 Å². The van der Waals surface area contributed by atoms with E-state index >= 15 is 0 Å². The number of halogens is 2. The van der Waals surface area contributed by atoms with Gasteiger partial charge in [-0.05, 0) is 17.8 Å². The molecule has 0 bridgehead atoms. The van der Waals surface area contributed by atoms with Crippen LogP contribution in [0.5, 0.6) is 5.75 Å². The molecule has 0 N–H and O–H groups in total. The molecule has 0 spiro atoms. The van der Waals surface area contributed by atoms with Crippen LogP contribution in [-0.2, 0) is 37.4 Å². The quantitative estimate of drug-likeness (QED) is 0.521. The number of alkyl halides is 2. The van der Waals surface area contributed by atoms with Crippen LogP contribution in [-0.4, -0.2) is 38.2 Å². The zero-order valence-corrected chi connectivity index (χ0v) is 15.8. The molecule has 2 rings (SSSR count).